The Morgan fingerprint density at radius 2 is 1.75 bits per heavy atom. The summed E-state index contributed by atoms with van der Waals surface area (Å²) in [5.41, 5.74) is 2.32. The maximum absolute atomic E-state index is 13.4. The fourth-order valence-corrected chi connectivity index (χ4v) is 4.56. The highest BCUT2D eigenvalue weighted by molar-refractivity contribution is 5.99. The number of nitrogens with zero attached hydrogens (tertiary/aromatic N) is 4. The van der Waals surface area contributed by atoms with Gasteiger partial charge in [-0.15, -0.1) is 0 Å². The number of benzene rings is 1. The van der Waals surface area contributed by atoms with Gasteiger partial charge in [0, 0.05) is 44.0 Å². The Hall–Kier alpha value is -2.27. The van der Waals surface area contributed by atoms with Gasteiger partial charge < -0.3 is 4.90 Å². The summed E-state index contributed by atoms with van der Waals surface area (Å²) in [5, 5.41) is 0. The van der Waals surface area contributed by atoms with Crippen molar-refractivity contribution in [3.05, 3.63) is 47.9 Å². The van der Waals surface area contributed by atoms with E-state index in [1.54, 1.807) is 6.20 Å². The minimum atomic E-state index is 0.0596. The number of hydrogen-bond donors (Lipinski definition) is 0. The molecule has 28 heavy (non-hydrogen) atoms. The van der Waals surface area contributed by atoms with Gasteiger partial charge >= 0.3 is 0 Å². The Labute approximate surface area is 167 Å². The van der Waals surface area contributed by atoms with Crippen LogP contribution >= 0.6 is 0 Å². The molecule has 1 aliphatic heterocycles. The van der Waals surface area contributed by atoms with Crippen LogP contribution in [0, 0.1) is 6.92 Å². The van der Waals surface area contributed by atoms with Crippen LogP contribution in [-0.4, -0.2) is 57.9 Å². The molecule has 1 aliphatic carbocycles. The van der Waals surface area contributed by atoms with Crippen LogP contribution in [0.1, 0.15) is 54.7 Å². The summed E-state index contributed by atoms with van der Waals surface area (Å²) in [6, 6.07) is 10.7. The van der Waals surface area contributed by atoms with Crippen LogP contribution in [0.2, 0.25) is 0 Å². The van der Waals surface area contributed by atoms with Gasteiger partial charge in [-0.25, -0.2) is 9.97 Å². The Balaban J connectivity index is 1.52. The first-order chi connectivity index (χ1) is 13.7. The maximum atomic E-state index is 13.4. The Morgan fingerprint density at radius 1 is 0.964 bits per heavy atom. The van der Waals surface area contributed by atoms with E-state index in [1.807, 2.05) is 42.2 Å². The van der Waals surface area contributed by atoms with Gasteiger partial charge in [-0.3, -0.25) is 9.69 Å². The van der Waals surface area contributed by atoms with Crippen LogP contribution in [-0.2, 0) is 0 Å². The van der Waals surface area contributed by atoms with Gasteiger partial charge in [0.2, 0.25) is 0 Å². The van der Waals surface area contributed by atoms with E-state index in [2.05, 4.69) is 14.9 Å². The quantitative estimate of drug-likeness (QED) is 0.812. The molecule has 1 aromatic carbocycles. The van der Waals surface area contributed by atoms with Crippen molar-refractivity contribution in [2.75, 3.05) is 26.2 Å². The molecule has 0 atom stereocenters. The maximum Gasteiger partial charge on any atom is 0.257 e. The molecule has 2 aliphatic rings. The van der Waals surface area contributed by atoms with Gasteiger partial charge in [0.05, 0.1) is 11.3 Å². The summed E-state index contributed by atoms with van der Waals surface area (Å²) in [7, 11) is 0. The Morgan fingerprint density at radius 3 is 2.54 bits per heavy atom. The fraction of sp³-hybridized carbons (Fsp3) is 0.522. The van der Waals surface area contributed by atoms with Crippen LogP contribution in [0.5, 0.6) is 0 Å². The van der Waals surface area contributed by atoms with E-state index in [0.717, 1.165) is 43.9 Å². The van der Waals surface area contributed by atoms with Crippen LogP contribution < -0.4 is 0 Å². The summed E-state index contributed by atoms with van der Waals surface area (Å²) in [6.07, 6.45) is 9.46. The smallest absolute Gasteiger partial charge is 0.257 e. The largest absolute Gasteiger partial charge is 0.337 e. The van der Waals surface area contributed by atoms with Gasteiger partial charge in [0.15, 0.2) is 0 Å². The monoisotopic (exact) mass is 378 g/mol. The molecule has 5 nitrogen and oxygen atoms in total. The molecule has 1 saturated heterocycles. The number of hydrogen-bond acceptors (Lipinski definition) is 4. The first-order valence-corrected chi connectivity index (χ1v) is 10.6. The molecule has 0 radical (unpaired) electrons. The highest BCUT2D eigenvalue weighted by Crippen LogP contribution is 2.25. The van der Waals surface area contributed by atoms with Gasteiger partial charge in [0.1, 0.15) is 5.82 Å². The second-order valence-corrected chi connectivity index (χ2v) is 8.02. The Kier molecular flexibility index (Phi) is 6.01. The van der Waals surface area contributed by atoms with E-state index in [1.165, 1.54) is 32.1 Å². The van der Waals surface area contributed by atoms with Crippen LogP contribution in [0.25, 0.3) is 11.3 Å². The zero-order chi connectivity index (χ0) is 19.3. The topological polar surface area (TPSA) is 49.3 Å². The minimum absolute atomic E-state index is 0.0596. The molecule has 0 spiro atoms. The standard InChI is InChI=1S/C23H30N4O/c1-18-24-17-21(22(25-18)19-9-4-2-5-10-19)23(28)27-14-8-13-26(15-16-27)20-11-6-3-7-12-20/h2,4-5,9-10,17,20H,3,6-8,11-16H2,1H3. The highest BCUT2D eigenvalue weighted by atomic mass is 16.2. The average Bonchev–Trinajstić information content (AvgIpc) is 3.01. The lowest BCUT2D eigenvalue weighted by Gasteiger charge is -2.33. The lowest BCUT2D eigenvalue weighted by atomic mass is 9.94. The van der Waals surface area contributed by atoms with Crippen molar-refractivity contribution in [3.63, 3.8) is 0 Å². The lowest BCUT2D eigenvalue weighted by Crippen LogP contribution is -2.40. The lowest BCUT2D eigenvalue weighted by molar-refractivity contribution is 0.0755. The van der Waals surface area contributed by atoms with Gasteiger partial charge in [0.25, 0.3) is 5.91 Å². The van der Waals surface area contributed by atoms with Gasteiger partial charge in [-0.2, -0.15) is 0 Å². The minimum Gasteiger partial charge on any atom is -0.337 e. The third kappa shape index (κ3) is 4.25. The van der Waals surface area contributed by atoms with Gasteiger partial charge in [-0.1, -0.05) is 49.6 Å². The second kappa shape index (κ2) is 8.82. The Bertz CT molecular complexity index is 802. The first-order valence-electron chi connectivity index (χ1n) is 10.6. The summed E-state index contributed by atoms with van der Waals surface area (Å²) in [4.78, 5) is 26.9. The van der Waals surface area contributed by atoms with E-state index in [9.17, 15) is 4.79 Å². The molecule has 1 aromatic heterocycles. The van der Waals surface area contributed by atoms with Crippen LogP contribution in [0.3, 0.4) is 0 Å². The van der Waals surface area contributed by atoms with E-state index >= 15 is 0 Å². The molecule has 1 amide bonds. The average molecular weight is 379 g/mol. The van der Waals surface area contributed by atoms with Crippen molar-refractivity contribution < 1.29 is 4.79 Å². The number of carbonyl (C=O) groups is 1. The van der Waals surface area contributed by atoms with E-state index < -0.39 is 0 Å². The normalized spacial score (nSPS) is 19.4. The van der Waals surface area contributed by atoms with E-state index in [-0.39, 0.29) is 5.91 Å². The molecular formula is C23H30N4O. The summed E-state index contributed by atoms with van der Waals surface area (Å²) in [6.45, 7) is 5.55. The zero-order valence-electron chi connectivity index (χ0n) is 16.8. The van der Waals surface area contributed by atoms with Crippen molar-refractivity contribution in [2.45, 2.75) is 51.5 Å². The second-order valence-electron chi connectivity index (χ2n) is 8.02. The van der Waals surface area contributed by atoms with Crippen molar-refractivity contribution in [1.82, 2.24) is 19.8 Å². The third-order valence-corrected chi connectivity index (χ3v) is 6.10. The van der Waals surface area contributed by atoms with Crippen molar-refractivity contribution in [3.8, 4) is 11.3 Å². The van der Waals surface area contributed by atoms with Crippen molar-refractivity contribution in [1.29, 1.82) is 0 Å². The SMILES string of the molecule is Cc1ncc(C(=O)N2CCCN(C3CCCCC3)CC2)c(-c2ccccc2)n1. The fourth-order valence-electron chi connectivity index (χ4n) is 4.56. The molecule has 0 unspecified atom stereocenters. The van der Waals surface area contributed by atoms with Gasteiger partial charge in [-0.05, 0) is 26.2 Å². The molecule has 1 saturated carbocycles. The van der Waals surface area contributed by atoms with Crippen LogP contribution in [0.15, 0.2) is 36.5 Å². The molecule has 5 heteroatoms. The molecule has 2 heterocycles. The van der Waals surface area contributed by atoms with Crippen molar-refractivity contribution in [2.24, 2.45) is 0 Å². The molecule has 148 valence electrons. The first kappa shape index (κ1) is 19.1. The predicted molar refractivity (Wildman–Crippen MR) is 111 cm³/mol. The number of rotatable bonds is 3. The molecule has 2 fully saturated rings. The molecule has 0 N–H and O–H groups in total. The number of amides is 1. The third-order valence-electron chi connectivity index (χ3n) is 6.10. The number of carbonyl (C=O) groups excluding carboxylic acids is 1. The van der Waals surface area contributed by atoms with E-state index in [4.69, 9.17) is 0 Å². The highest BCUT2D eigenvalue weighted by Gasteiger charge is 2.27. The molecule has 2 aromatic rings. The number of aromatic nitrogens is 2. The molecule has 0 bridgehead atoms. The predicted octanol–water partition coefficient (Wildman–Crippen LogP) is 3.93. The summed E-state index contributed by atoms with van der Waals surface area (Å²) < 4.78 is 0. The van der Waals surface area contributed by atoms with Crippen LogP contribution in [0.4, 0.5) is 0 Å². The van der Waals surface area contributed by atoms with Crippen molar-refractivity contribution >= 4 is 5.91 Å². The summed E-state index contributed by atoms with van der Waals surface area (Å²) in [5.74, 6) is 0.749. The van der Waals surface area contributed by atoms with E-state index in [0.29, 0.717) is 17.4 Å². The molecular weight excluding hydrogens is 348 g/mol. The molecule has 4 rings (SSSR count). The summed E-state index contributed by atoms with van der Waals surface area (Å²) >= 11 is 0. The zero-order valence-corrected chi connectivity index (χ0v) is 16.8. The number of aryl methyl sites for hydroxylation is 1.